The summed E-state index contributed by atoms with van der Waals surface area (Å²) in [5.41, 5.74) is 0.987. The third-order valence-corrected chi connectivity index (χ3v) is 4.78. The first-order valence-electron chi connectivity index (χ1n) is 8.59. The minimum atomic E-state index is -0.0623. The molecule has 0 unspecified atom stereocenters. The molecule has 2 rings (SSSR count). The van der Waals surface area contributed by atoms with Gasteiger partial charge in [0.05, 0.1) is 6.61 Å². The molecule has 1 heterocycles. The highest BCUT2D eigenvalue weighted by Gasteiger charge is 2.08. The molecule has 5 nitrogen and oxygen atoms in total. The number of benzene rings is 1. The zero-order valence-corrected chi connectivity index (χ0v) is 16.3. The Bertz CT molecular complexity index is 691. The van der Waals surface area contributed by atoms with Gasteiger partial charge < -0.3 is 10.1 Å². The molecule has 0 saturated heterocycles. The number of amides is 1. The molecule has 0 atom stereocenters. The van der Waals surface area contributed by atoms with Crippen molar-refractivity contribution < 1.29 is 9.53 Å². The largest absolute Gasteiger partial charge is 0.493 e. The molecule has 0 aliphatic carbocycles. The average molecular weight is 382 g/mol. The van der Waals surface area contributed by atoms with Crippen LogP contribution in [-0.4, -0.2) is 22.7 Å². The van der Waals surface area contributed by atoms with Gasteiger partial charge in [-0.3, -0.25) is 4.79 Å². The minimum Gasteiger partial charge on any atom is -0.493 e. The molecule has 0 bridgehead atoms. The molecule has 1 N–H and O–H groups in total. The van der Waals surface area contributed by atoms with E-state index in [2.05, 4.69) is 22.4 Å². The van der Waals surface area contributed by atoms with Crippen LogP contribution in [0.15, 0.2) is 18.2 Å². The van der Waals surface area contributed by atoms with Crippen LogP contribution in [-0.2, 0) is 11.2 Å². The van der Waals surface area contributed by atoms with E-state index in [1.807, 2.05) is 19.1 Å². The molecule has 0 fully saturated rings. The van der Waals surface area contributed by atoms with E-state index in [1.54, 1.807) is 6.07 Å². The first-order chi connectivity index (χ1) is 12.1. The molecule has 7 heteroatoms. The van der Waals surface area contributed by atoms with E-state index in [9.17, 15) is 4.79 Å². The third kappa shape index (κ3) is 7.00. The van der Waals surface area contributed by atoms with Crippen LogP contribution in [0.1, 0.15) is 49.6 Å². The van der Waals surface area contributed by atoms with Gasteiger partial charge in [-0.05, 0) is 43.5 Å². The molecule has 0 aliphatic rings. The van der Waals surface area contributed by atoms with Gasteiger partial charge in [0.15, 0.2) is 0 Å². The quantitative estimate of drug-likeness (QED) is 0.586. The maximum atomic E-state index is 12.0. The van der Waals surface area contributed by atoms with E-state index < -0.39 is 0 Å². The second-order valence-electron chi connectivity index (χ2n) is 5.87. The Labute approximate surface area is 157 Å². The van der Waals surface area contributed by atoms with Crippen LogP contribution in [0.25, 0.3) is 0 Å². The molecule has 25 heavy (non-hydrogen) atoms. The van der Waals surface area contributed by atoms with Crippen molar-refractivity contribution in [3.8, 4) is 5.75 Å². The lowest BCUT2D eigenvalue weighted by Crippen LogP contribution is -2.12. The highest BCUT2D eigenvalue weighted by atomic mass is 35.5. The lowest BCUT2D eigenvalue weighted by atomic mass is 10.2. The maximum Gasteiger partial charge on any atom is 0.226 e. The Morgan fingerprint density at radius 1 is 1.28 bits per heavy atom. The number of halogens is 1. The highest BCUT2D eigenvalue weighted by molar-refractivity contribution is 7.15. The first-order valence-corrected chi connectivity index (χ1v) is 9.79. The Kier molecular flexibility index (Phi) is 8.15. The van der Waals surface area contributed by atoms with Gasteiger partial charge in [0.1, 0.15) is 10.8 Å². The SMILES string of the molecule is CCCCCc1nnc(NC(=O)CCCOc2ccc(Cl)cc2C)s1. The summed E-state index contributed by atoms with van der Waals surface area (Å²) in [5, 5.41) is 13.2. The van der Waals surface area contributed by atoms with Crippen LogP contribution in [0, 0.1) is 6.92 Å². The standard InChI is InChI=1S/C18H24ClN3O2S/c1-3-4-5-8-17-21-22-18(25-17)20-16(23)7-6-11-24-15-10-9-14(19)12-13(15)2/h9-10,12H,3-8,11H2,1-2H3,(H,20,22,23). The number of anilines is 1. The van der Waals surface area contributed by atoms with Gasteiger partial charge >= 0.3 is 0 Å². The Morgan fingerprint density at radius 3 is 2.88 bits per heavy atom. The van der Waals surface area contributed by atoms with E-state index in [4.69, 9.17) is 16.3 Å². The summed E-state index contributed by atoms with van der Waals surface area (Å²) in [6.45, 7) is 4.60. The van der Waals surface area contributed by atoms with Gasteiger partial charge in [0.25, 0.3) is 0 Å². The number of hydrogen-bond acceptors (Lipinski definition) is 5. The number of unbranched alkanes of at least 4 members (excludes halogenated alkanes) is 2. The summed E-state index contributed by atoms with van der Waals surface area (Å²) in [6, 6.07) is 5.50. The molecule has 0 aliphatic heterocycles. The molecular weight excluding hydrogens is 358 g/mol. The van der Waals surface area contributed by atoms with Gasteiger partial charge in [-0.15, -0.1) is 10.2 Å². The topological polar surface area (TPSA) is 64.1 Å². The number of aromatic nitrogens is 2. The zero-order chi connectivity index (χ0) is 18.1. The summed E-state index contributed by atoms with van der Waals surface area (Å²) in [6.07, 6.45) is 5.43. The second kappa shape index (κ2) is 10.4. The number of nitrogens with one attached hydrogen (secondary N) is 1. The number of nitrogens with zero attached hydrogens (tertiary/aromatic N) is 2. The summed E-state index contributed by atoms with van der Waals surface area (Å²) in [5.74, 6) is 0.735. The Balaban J connectivity index is 1.67. The van der Waals surface area contributed by atoms with Gasteiger partial charge in [0.2, 0.25) is 11.0 Å². The fourth-order valence-electron chi connectivity index (χ4n) is 2.30. The molecule has 1 aromatic heterocycles. The van der Waals surface area contributed by atoms with Crippen molar-refractivity contribution in [1.29, 1.82) is 0 Å². The summed E-state index contributed by atoms with van der Waals surface area (Å²) in [7, 11) is 0. The molecule has 0 spiro atoms. The number of carbonyl (C=O) groups excluding carboxylic acids is 1. The number of rotatable bonds is 10. The predicted octanol–water partition coefficient (Wildman–Crippen LogP) is 5.03. The normalized spacial score (nSPS) is 10.7. The molecule has 0 radical (unpaired) electrons. The number of ether oxygens (including phenoxy) is 1. The summed E-state index contributed by atoms with van der Waals surface area (Å²) >= 11 is 7.37. The monoisotopic (exact) mass is 381 g/mol. The lowest BCUT2D eigenvalue weighted by molar-refractivity contribution is -0.116. The van der Waals surface area contributed by atoms with Crippen LogP contribution in [0.5, 0.6) is 5.75 Å². The average Bonchev–Trinajstić information content (AvgIpc) is 3.01. The van der Waals surface area contributed by atoms with E-state index in [0.717, 1.165) is 29.2 Å². The van der Waals surface area contributed by atoms with Crippen LogP contribution >= 0.6 is 22.9 Å². The van der Waals surface area contributed by atoms with Gasteiger partial charge in [-0.25, -0.2) is 0 Å². The van der Waals surface area contributed by atoms with Crippen molar-refractivity contribution in [2.75, 3.05) is 11.9 Å². The van der Waals surface area contributed by atoms with Gasteiger partial charge in [-0.2, -0.15) is 0 Å². The summed E-state index contributed by atoms with van der Waals surface area (Å²) in [4.78, 5) is 12.0. The van der Waals surface area contributed by atoms with Crippen molar-refractivity contribution in [3.05, 3.63) is 33.8 Å². The van der Waals surface area contributed by atoms with E-state index in [-0.39, 0.29) is 5.91 Å². The van der Waals surface area contributed by atoms with Crippen LogP contribution < -0.4 is 10.1 Å². The lowest BCUT2D eigenvalue weighted by Gasteiger charge is -2.09. The number of carbonyl (C=O) groups is 1. The maximum absolute atomic E-state index is 12.0. The van der Waals surface area contributed by atoms with Crippen LogP contribution in [0.4, 0.5) is 5.13 Å². The van der Waals surface area contributed by atoms with Crippen molar-refractivity contribution in [2.24, 2.45) is 0 Å². The molecule has 1 amide bonds. The second-order valence-corrected chi connectivity index (χ2v) is 7.37. The molecule has 1 aromatic carbocycles. The number of aryl methyl sites for hydroxylation is 2. The van der Waals surface area contributed by atoms with E-state index in [0.29, 0.717) is 29.6 Å². The first kappa shape index (κ1) is 19.7. The minimum absolute atomic E-state index is 0.0623. The highest BCUT2D eigenvalue weighted by Crippen LogP contribution is 2.22. The van der Waals surface area contributed by atoms with Crippen LogP contribution in [0.3, 0.4) is 0 Å². The molecule has 0 saturated carbocycles. The number of hydrogen-bond donors (Lipinski definition) is 1. The summed E-state index contributed by atoms with van der Waals surface area (Å²) < 4.78 is 5.69. The fourth-order valence-corrected chi connectivity index (χ4v) is 3.33. The van der Waals surface area contributed by atoms with Gasteiger partial charge in [0, 0.05) is 17.9 Å². The Morgan fingerprint density at radius 2 is 2.12 bits per heavy atom. The molecule has 136 valence electrons. The van der Waals surface area contributed by atoms with Crippen molar-refractivity contribution in [2.45, 2.75) is 52.4 Å². The van der Waals surface area contributed by atoms with Gasteiger partial charge in [-0.1, -0.05) is 42.7 Å². The zero-order valence-electron chi connectivity index (χ0n) is 14.7. The predicted molar refractivity (Wildman–Crippen MR) is 103 cm³/mol. The van der Waals surface area contributed by atoms with E-state index in [1.165, 1.54) is 24.2 Å². The third-order valence-electron chi connectivity index (χ3n) is 3.65. The van der Waals surface area contributed by atoms with Crippen molar-refractivity contribution >= 4 is 34.0 Å². The fraction of sp³-hybridized carbons (Fsp3) is 0.500. The smallest absolute Gasteiger partial charge is 0.226 e. The van der Waals surface area contributed by atoms with Crippen molar-refractivity contribution in [3.63, 3.8) is 0 Å². The Hall–Kier alpha value is -1.66. The molecule has 2 aromatic rings. The molecular formula is C18H24ClN3O2S. The van der Waals surface area contributed by atoms with Crippen LogP contribution in [0.2, 0.25) is 5.02 Å². The van der Waals surface area contributed by atoms with Crippen molar-refractivity contribution in [1.82, 2.24) is 10.2 Å². The van der Waals surface area contributed by atoms with E-state index >= 15 is 0 Å².